The lowest BCUT2D eigenvalue weighted by molar-refractivity contribution is 0.411. The molecule has 0 aromatic heterocycles. The first-order valence-corrected chi connectivity index (χ1v) is 8.06. The SMILES string of the molecule is COc1ccc(C(C)NCc2cc(Cl)cc(Cl)c2)cc1Br. The number of hydrogen-bond donors (Lipinski definition) is 1. The van der Waals surface area contributed by atoms with Gasteiger partial charge in [0.05, 0.1) is 11.6 Å². The van der Waals surface area contributed by atoms with Gasteiger partial charge in [-0.2, -0.15) is 0 Å². The van der Waals surface area contributed by atoms with Crippen LogP contribution in [-0.4, -0.2) is 7.11 Å². The molecule has 1 atom stereocenters. The minimum Gasteiger partial charge on any atom is -0.496 e. The van der Waals surface area contributed by atoms with E-state index in [9.17, 15) is 0 Å². The van der Waals surface area contributed by atoms with Crippen molar-refractivity contribution in [2.24, 2.45) is 0 Å². The zero-order valence-corrected chi connectivity index (χ0v) is 14.9. The van der Waals surface area contributed by atoms with Crippen LogP contribution in [0.1, 0.15) is 24.1 Å². The highest BCUT2D eigenvalue weighted by atomic mass is 79.9. The molecule has 0 aliphatic heterocycles. The predicted molar refractivity (Wildman–Crippen MR) is 92.4 cm³/mol. The maximum atomic E-state index is 6.00. The largest absolute Gasteiger partial charge is 0.496 e. The highest BCUT2D eigenvalue weighted by molar-refractivity contribution is 9.10. The average molecular weight is 389 g/mol. The highest BCUT2D eigenvalue weighted by Gasteiger charge is 2.08. The summed E-state index contributed by atoms with van der Waals surface area (Å²) in [5, 5.41) is 4.76. The Bertz CT molecular complexity index is 613. The molecule has 2 aromatic carbocycles. The van der Waals surface area contributed by atoms with Crippen LogP contribution in [0.4, 0.5) is 0 Å². The van der Waals surface area contributed by atoms with Gasteiger partial charge in [0.25, 0.3) is 0 Å². The van der Waals surface area contributed by atoms with E-state index >= 15 is 0 Å². The third-order valence-corrected chi connectivity index (χ3v) is 4.27. The summed E-state index contributed by atoms with van der Waals surface area (Å²) in [6, 6.07) is 11.8. The molecule has 0 radical (unpaired) electrons. The van der Waals surface area contributed by atoms with Gasteiger partial charge < -0.3 is 10.1 Å². The second-order valence-corrected chi connectivity index (χ2v) is 6.50. The van der Waals surface area contributed by atoms with Crippen molar-refractivity contribution in [1.82, 2.24) is 5.32 Å². The fourth-order valence-electron chi connectivity index (χ4n) is 2.05. The first-order valence-electron chi connectivity index (χ1n) is 6.51. The summed E-state index contributed by atoms with van der Waals surface area (Å²) in [5.41, 5.74) is 2.24. The Labute approximate surface area is 143 Å². The molecule has 5 heteroatoms. The van der Waals surface area contributed by atoms with Crippen molar-refractivity contribution in [3.8, 4) is 5.75 Å². The van der Waals surface area contributed by atoms with E-state index in [0.717, 1.165) is 15.8 Å². The van der Waals surface area contributed by atoms with E-state index in [1.807, 2.05) is 24.3 Å². The first kappa shape index (κ1) is 16.6. The average Bonchev–Trinajstić information content (AvgIpc) is 2.43. The lowest BCUT2D eigenvalue weighted by Gasteiger charge is -2.16. The monoisotopic (exact) mass is 387 g/mol. The van der Waals surface area contributed by atoms with E-state index in [0.29, 0.717) is 16.6 Å². The van der Waals surface area contributed by atoms with Gasteiger partial charge in [0.2, 0.25) is 0 Å². The van der Waals surface area contributed by atoms with Gasteiger partial charge in [0.1, 0.15) is 5.75 Å². The van der Waals surface area contributed by atoms with Crippen molar-refractivity contribution >= 4 is 39.1 Å². The Balaban J connectivity index is 2.04. The van der Waals surface area contributed by atoms with E-state index in [-0.39, 0.29) is 6.04 Å². The summed E-state index contributed by atoms with van der Waals surface area (Å²) in [6.07, 6.45) is 0. The van der Waals surface area contributed by atoms with Crippen molar-refractivity contribution < 1.29 is 4.74 Å². The molecule has 0 saturated heterocycles. The van der Waals surface area contributed by atoms with Crippen LogP contribution < -0.4 is 10.1 Å². The lowest BCUT2D eigenvalue weighted by atomic mass is 10.1. The van der Waals surface area contributed by atoms with Crippen molar-refractivity contribution in [3.05, 3.63) is 62.0 Å². The summed E-state index contributed by atoms with van der Waals surface area (Å²) in [7, 11) is 1.66. The molecule has 2 nitrogen and oxygen atoms in total. The number of rotatable bonds is 5. The zero-order chi connectivity index (χ0) is 15.4. The molecule has 1 unspecified atom stereocenters. The molecule has 2 rings (SSSR count). The van der Waals surface area contributed by atoms with Crippen LogP contribution in [0.2, 0.25) is 10.0 Å². The third kappa shape index (κ3) is 4.62. The molecule has 2 aromatic rings. The van der Waals surface area contributed by atoms with Gasteiger partial charge in [-0.05, 0) is 64.3 Å². The van der Waals surface area contributed by atoms with Crippen LogP contribution in [0.15, 0.2) is 40.9 Å². The summed E-state index contributed by atoms with van der Waals surface area (Å²) >= 11 is 15.5. The number of hydrogen-bond acceptors (Lipinski definition) is 2. The zero-order valence-electron chi connectivity index (χ0n) is 11.8. The summed E-state index contributed by atoms with van der Waals surface area (Å²) in [4.78, 5) is 0. The molecule has 0 fully saturated rings. The predicted octanol–water partition coefficient (Wildman–Crippen LogP) is 5.62. The number of benzene rings is 2. The quantitative estimate of drug-likeness (QED) is 0.718. The van der Waals surface area contributed by atoms with Crippen LogP contribution >= 0.6 is 39.1 Å². The maximum Gasteiger partial charge on any atom is 0.133 e. The normalized spacial score (nSPS) is 12.2. The lowest BCUT2D eigenvalue weighted by Crippen LogP contribution is -2.18. The van der Waals surface area contributed by atoms with E-state index < -0.39 is 0 Å². The number of ether oxygens (including phenoxy) is 1. The number of methoxy groups -OCH3 is 1. The molecule has 0 heterocycles. The molecule has 0 bridgehead atoms. The topological polar surface area (TPSA) is 21.3 Å². The highest BCUT2D eigenvalue weighted by Crippen LogP contribution is 2.28. The van der Waals surface area contributed by atoms with Gasteiger partial charge in [-0.15, -0.1) is 0 Å². The molecule has 0 aliphatic rings. The van der Waals surface area contributed by atoms with Crippen LogP contribution in [0.5, 0.6) is 5.75 Å². The van der Waals surface area contributed by atoms with Gasteiger partial charge in [0, 0.05) is 22.6 Å². The van der Waals surface area contributed by atoms with Gasteiger partial charge >= 0.3 is 0 Å². The second-order valence-electron chi connectivity index (χ2n) is 4.77. The number of nitrogens with one attached hydrogen (secondary N) is 1. The summed E-state index contributed by atoms with van der Waals surface area (Å²) in [6.45, 7) is 2.81. The second kappa shape index (κ2) is 7.50. The first-order chi connectivity index (χ1) is 9.99. The summed E-state index contributed by atoms with van der Waals surface area (Å²) in [5.74, 6) is 0.826. The Morgan fingerprint density at radius 3 is 2.38 bits per heavy atom. The van der Waals surface area contributed by atoms with Crippen LogP contribution in [0.3, 0.4) is 0 Å². The van der Waals surface area contributed by atoms with E-state index in [4.69, 9.17) is 27.9 Å². The van der Waals surface area contributed by atoms with Crippen molar-refractivity contribution in [1.29, 1.82) is 0 Å². The molecule has 21 heavy (non-hydrogen) atoms. The summed E-state index contributed by atoms with van der Waals surface area (Å²) < 4.78 is 6.18. The Hall–Kier alpha value is -0.740. The van der Waals surface area contributed by atoms with E-state index in [2.05, 4.69) is 34.2 Å². The van der Waals surface area contributed by atoms with Gasteiger partial charge in [-0.25, -0.2) is 0 Å². The van der Waals surface area contributed by atoms with Crippen molar-refractivity contribution in [2.45, 2.75) is 19.5 Å². The molecule has 0 spiro atoms. The fraction of sp³-hybridized carbons (Fsp3) is 0.250. The van der Waals surface area contributed by atoms with Crippen molar-refractivity contribution in [3.63, 3.8) is 0 Å². The van der Waals surface area contributed by atoms with Crippen LogP contribution in [0, 0.1) is 0 Å². The van der Waals surface area contributed by atoms with Gasteiger partial charge in [-0.1, -0.05) is 29.3 Å². The molecular formula is C16H16BrCl2NO. The standard InChI is InChI=1S/C16H16BrCl2NO/c1-10(12-3-4-16(21-2)15(17)7-12)20-9-11-5-13(18)8-14(19)6-11/h3-8,10,20H,9H2,1-2H3. The van der Waals surface area contributed by atoms with Crippen molar-refractivity contribution in [2.75, 3.05) is 7.11 Å². The molecule has 0 aliphatic carbocycles. The van der Waals surface area contributed by atoms with Gasteiger partial charge in [-0.3, -0.25) is 0 Å². The van der Waals surface area contributed by atoms with Gasteiger partial charge in [0.15, 0.2) is 0 Å². The molecule has 0 saturated carbocycles. The Kier molecular flexibility index (Phi) is 5.94. The Morgan fingerprint density at radius 2 is 1.81 bits per heavy atom. The smallest absolute Gasteiger partial charge is 0.133 e. The number of halogens is 3. The van der Waals surface area contributed by atoms with E-state index in [1.165, 1.54) is 5.56 Å². The van der Waals surface area contributed by atoms with Crippen LogP contribution in [-0.2, 0) is 6.54 Å². The fourth-order valence-corrected chi connectivity index (χ4v) is 3.18. The molecule has 0 amide bonds. The Morgan fingerprint density at radius 1 is 1.14 bits per heavy atom. The van der Waals surface area contributed by atoms with E-state index in [1.54, 1.807) is 13.2 Å². The maximum absolute atomic E-state index is 6.00. The minimum atomic E-state index is 0.199. The third-order valence-electron chi connectivity index (χ3n) is 3.21. The molecule has 112 valence electrons. The molecular weight excluding hydrogens is 373 g/mol. The minimum absolute atomic E-state index is 0.199. The molecule has 1 N–H and O–H groups in total. The van der Waals surface area contributed by atoms with Crippen LogP contribution in [0.25, 0.3) is 0 Å².